The Balaban J connectivity index is 2.01. The van der Waals surface area contributed by atoms with Crippen LogP contribution in [0.2, 0.25) is 0 Å². The molecule has 3 aromatic carbocycles. The summed E-state index contributed by atoms with van der Waals surface area (Å²) in [5.41, 5.74) is 1.43. The molecule has 3 rings (SSSR count). The van der Waals surface area contributed by atoms with Gasteiger partial charge in [0.1, 0.15) is 11.0 Å². The van der Waals surface area contributed by atoms with Crippen molar-refractivity contribution < 1.29 is 22.7 Å². The largest absolute Gasteiger partial charge is 0.497 e. The average Bonchev–Trinajstić information content (AvgIpc) is 2.77. The molecule has 0 aliphatic carbocycles. The van der Waals surface area contributed by atoms with E-state index in [4.69, 9.17) is 4.74 Å². The van der Waals surface area contributed by atoms with E-state index < -0.39 is 33.1 Å². The van der Waals surface area contributed by atoms with E-state index in [0.717, 1.165) is 10.0 Å². The first-order chi connectivity index (χ1) is 14.7. The van der Waals surface area contributed by atoms with Crippen molar-refractivity contribution in [2.45, 2.75) is 23.5 Å². The molecule has 0 unspecified atom stereocenters. The van der Waals surface area contributed by atoms with Crippen LogP contribution in [0.1, 0.15) is 32.7 Å². The number of benzene rings is 3. The van der Waals surface area contributed by atoms with Gasteiger partial charge in [0.25, 0.3) is 0 Å². The first-order valence-electron chi connectivity index (χ1n) is 9.50. The van der Waals surface area contributed by atoms with Gasteiger partial charge < -0.3 is 4.74 Å². The molecule has 0 spiro atoms. The van der Waals surface area contributed by atoms with Crippen LogP contribution in [-0.2, 0) is 9.84 Å². The average molecular weight is 501 g/mol. The zero-order valence-electron chi connectivity index (χ0n) is 17.0. The Labute approximate surface area is 190 Å². The number of rotatable bonds is 8. The molecule has 0 aliphatic rings. The lowest BCUT2D eigenvalue weighted by atomic mass is 10.0. The van der Waals surface area contributed by atoms with Crippen molar-refractivity contribution in [2.75, 3.05) is 7.11 Å². The lowest BCUT2D eigenvalue weighted by Gasteiger charge is -2.17. The highest BCUT2D eigenvalue weighted by Gasteiger charge is 2.36. The number of hydrogen-bond acceptors (Lipinski definition) is 5. The van der Waals surface area contributed by atoms with Crippen LogP contribution in [0.5, 0.6) is 5.75 Å². The molecule has 5 nitrogen and oxygen atoms in total. The molecule has 0 heterocycles. The number of aryl methyl sites for hydroxylation is 1. The smallest absolute Gasteiger partial charge is 0.189 e. The predicted octanol–water partition coefficient (Wildman–Crippen LogP) is 5.06. The predicted molar refractivity (Wildman–Crippen MR) is 123 cm³/mol. The molecule has 31 heavy (non-hydrogen) atoms. The molecule has 0 fully saturated rings. The van der Waals surface area contributed by atoms with Gasteiger partial charge in [-0.3, -0.25) is 9.59 Å². The molecule has 0 saturated heterocycles. The summed E-state index contributed by atoms with van der Waals surface area (Å²) in [6, 6.07) is 19.0. The van der Waals surface area contributed by atoms with Crippen molar-refractivity contribution in [3.63, 3.8) is 0 Å². The third-order valence-corrected chi connectivity index (χ3v) is 7.52. The van der Waals surface area contributed by atoms with Gasteiger partial charge in [-0.05, 0) is 55.5 Å². The number of carbonyl (C=O) groups excluding carboxylic acids is 2. The summed E-state index contributed by atoms with van der Waals surface area (Å²) < 4.78 is 32.7. The van der Waals surface area contributed by atoms with Gasteiger partial charge in [-0.2, -0.15) is 0 Å². The van der Waals surface area contributed by atoms with Crippen molar-refractivity contribution in [3.8, 4) is 5.75 Å². The molecular weight excluding hydrogens is 480 g/mol. The minimum atomic E-state index is -4.10. The zero-order chi connectivity index (χ0) is 22.6. The summed E-state index contributed by atoms with van der Waals surface area (Å²) in [5.74, 6) is -0.510. The lowest BCUT2D eigenvalue weighted by molar-refractivity contribution is 0.0920. The Morgan fingerprint density at radius 3 is 1.97 bits per heavy atom. The van der Waals surface area contributed by atoms with E-state index in [1.54, 1.807) is 48.5 Å². The quantitative estimate of drug-likeness (QED) is 0.403. The van der Waals surface area contributed by atoms with Crippen molar-refractivity contribution >= 4 is 37.3 Å². The zero-order valence-corrected chi connectivity index (χ0v) is 19.4. The van der Waals surface area contributed by atoms with E-state index in [2.05, 4.69) is 15.9 Å². The van der Waals surface area contributed by atoms with Crippen molar-refractivity contribution in [3.05, 3.63) is 94.0 Å². The third-order valence-electron chi connectivity index (χ3n) is 4.93. The van der Waals surface area contributed by atoms with Gasteiger partial charge in [0.2, 0.25) is 0 Å². The Kier molecular flexibility index (Phi) is 7.08. The van der Waals surface area contributed by atoms with Gasteiger partial charge in [-0.15, -0.1) is 0 Å². The van der Waals surface area contributed by atoms with E-state index in [1.165, 1.54) is 31.4 Å². The molecule has 7 heteroatoms. The first-order valence-corrected chi connectivity index (χ1v) is 11.8. The number of methoxy groups -OCH3 is 1. The molecule has 0 aliphatic heterocycles. The van der Waals surface area contributed by atoms with Crippen molar-refractivity contribution in [2.24, 2.45) is 0 Å². The number of halogens is 1. The highest BCUT2D eigenvalue weighted by atomic mass is 79.9. The molecule has 0 amide bonds. The maximum Gasteiger partial charge on any atom is 0.189 e. The monoisotopic (exact) mass is 500 g/mol. The van der Waals surface area contributed by atoms with Crippen LogP contribution < -0.4 is 4.74 Å². The topological polar surface area (TPSA) is 77.5 Å². The molecular formula is C24H21BrO5S. The van der Waals surface area contributed by atoms with Gasteiger partial charge in [0.05, 0.1) is 12.0 Å². The van der Waals surface area contributed by atoms with E-state index in [9.17, 15) is 18.0 Å². The Morgan fingerprint density at radius 2 is 1.42 bits per heavy atom. The second-order valence-electron chi connectivity index (χ2n) is 7.07. The van der Waals surface area contributed by atoms with E-state index in [-0.39, 0.29) is 10.5 Å². The van der Waals surface area contributed by atoms with Gasteiger partial charge in [-0.25, -0.2) is 8.42 Å². The summed E-state index contributed by atoms with van der Waals surface area (Å²) in [4.78, 5) is 26.2. The van der Waals surface area contributed by atoms with Crippen molar-refractivity contribution in [1.82, 2.24) is 0 Å². The number of hydrogen-bond donors (Lipinski definition) is 0. The van der Waals surface area contributed by atoms with Crippen LogP contribution >= 0.6 is 15.9 Å². The summed E-state index contributed by atoms with van der Waals surface area (Å²) in [6.45, 7) is 1.84. The number of Topliss-reactive ketones (excluding diaryl/α,β-unsaturated/α-hetero) is 2. The maximum absolute atomic E-state index is 13.4. The summed E-state index contributed by atoms with van der Waals surface area (Å²) in [7, 11) is -2.60. The molecule has 3 aromatic rings. The van der Waals surface area contributed by atoms with Gasteiger partial charge in [0, 0.05) is 22.0 Å². The molecule has 0 bridgehead atoms. The summed E-state index contributed by atoms with van der Waals surface area (Å²) >= 11 is 3.31. The fourth-order valence-electron chi connectivity index (χ4n) is 3.10. The fraction of sp³-hybridized carbons (Fsp3) is 0.167. The number of ether oxygens (including phenoxy) is 1. The Hall–Kier alpha value is -2.77. The molecule has 0 N–H and O–H groups in total. The normalized spacial score (nSPS) is 12.2. The van der Waals surface area contributed by atoms with Gasteiger partial charge in [0.15, 0.2) is 21.4 Å². The first kappa shape index (κ1) is 22.9. The van der Waals surface area contributed by atoms with E-state index in [1.807, 2.05) is 6.92 Å². The van der Waals surface area contributed by atoms with Crippen LogP contribution in [0.15, 0.2) is 82.2 Å². The minimum Gasteiger partial charge on any atom is -0.497 e. The van der Waals surface area contributed by atoms with Crippen LogP contribution in [0, 0.1) is 6.92 Å². The van der Waals surface area contributed by atoms with Crippen LogP contribution in [-0.4, -0.2) is 32.3 Å². The van der Waals surface area contributed by atoms with Gasteiger partial charge in [-0.1, -0.05) is 45.8 Å². The second kappa shape index (κ2) is 9.58. The highest BCUT2D eigenvalue weighted by molar-refractivity contribution is 9.10. The lowest BCUT2D eigenvalue weighted by Crippen LogP contribution is -2.33. The van der Waals surface area contributed by atoms with E-state index >= 15 is 0 Å². The molecule has 160 valence electrons. The molecule has 0 aromatic heterocycles. The van der Waals surface area contributed by atoms with Crippen molar-refractivity contribution in [1.29, 1.82) is 0 Å². The van der Waals surface area contributed by atoms with Crippen LogP contribution in [0.4, 0.5) is 0 Å². The molecule has 1 atom stereocenters. The minimum absolute atomic E-state index is 0.00793. The summed E-state index contributed by atoms with van der Waals surface area (Å²) in [5, 5.41) is -1.54. The van der Waals surface area contributed by atoms with Gasteiger partial charge >= 0.3 is 0 Å². The Bertz CT molecular complexity index is 1180. The fourth-order valence-corrected chi connectivity index (χ4v) is 5.00. The second-order valence-corrected chi connectivity index (χ2v) is 10.1. The molecule has 0 saturated carbocycles. The van der Waals surface area contributed by atoms with Crippen LogP contribution in [0.25, 0.3) is 0 Å². The molecule has 0 radical (unpaired) electrons. The summed E-state index contributed by atoms with van der Waals surface area (Å²) in [6.07, 6.45) is -0.456. The number of ketones is 2. The third kappa shape index (κ3) is 5.29. The van der Waals surface area contributed by atoms with Crippen LogP contribution in [0.3, 0.4) is 0 Å². The standard InChI is InChI=1S/C24H21BrO5S/c1-16-3-13-21(14-4-16)31(28,29)23(15-22(26)17-5-9-19(25)10-6-17)24(27)18-7-11-20(30-2)12-8-18/h3-14,23H,15H2,1-2H3/t23-/m1/s1. The number of sulfone groups is 1. The number of carbonyl (C=O) groups is 2. The Morgan fingerprint density at radius 1 is 0.871 bits per heavy atom. The van der Waals surface area contributed by atoms with E-state index in [0.29, 0.717) is 11.3 Å². The maximum atomic E-state index is 13.4. The SMILES string of the molecule is COc1ccc(C(=O)[C@@H](CC(=O)c2ccc(Br)cc2)S(=O)(=O)c2ccc(C)cc2)cc1. The highest BCUT2D eigenvalue weighted by Crippen LogP contribution is 2.25.